The number of hydrogen-bond donors (Lipinski definition) is 2. The van der Waals surface area contributed by atoms with E-state index in [1.807, 2.05) is 38.2 Å². The van der Waals surface area contributed by atoms with Crippen molar-refractivity contribution in [3.8, 4) is 33.5 Å². The molecule has 1 fully saturated rings. The van der Waals surface area contributed by atoms with Gasteiger partial charge in [-0.05, 0) is 61.6 Å². The molecule has 0 bridgehead atoms. The summed E-state index contributed by atoms with van der Waals surface area (Å²) < 4.78 is 1.79. The van der Waals surface area contributed by atoms with Crippen LogP contribution < -0.4 is 10.6 Å². The summed E-state index contributed by atoms with van der Waals surface area (Å²) in [5.41, 5.74) is 10.3. The second kappa shape index (κ2) is 10.9. The lowest BCUT2D eigenvalue weighted by Crippen LogP contribution is -2.35. The van der Waals surface area contributed by atoms with E-state index >= 15 is 0 Å². The molecule has 1 amide bonds. The third-order valence-electron chi connectivity index (χ3n) is 7.34. The molecule has 7 heteroatoms. The van der Waals surface area contributed by atoms with E-state index in [-0.39, 0.29) is 11.9 Å². The SMILES string of the molecule is C=Nn1cc(-c2cccc(-c3cccc(-c4ccc(CNCC5CCC(=O)N5)c(C)n4)c3Cl)c2C)cc1C. The number of carbonyl (C=O) groups is 1. The largest absolute Gasteiger partial charge is 0.352 e. The molecule has 5 rings (SSSR count). The summed E-state index contributed by atoms with van der Waals surface area (Å²) in [4.78, 5) is 16.3. The van der Waals surface area contributed by atoms with Gasteiger partial charge in [0.1, 0.15) is 0 Å². The quantitative estimate of drug-likeness (QED) is 0.265. The van der Waals surface area contributed by atoms with Gasteiger partial charge < -0.3 is 10.6 Å². The van der Waals surface area contributed by atoms with E-state index in [0.717, 1.165) is 69.0 Å². The summed E-state index contributed by atoms with van der Waals surface area (Å²) in [5.74, 6) is 0.138. The van der Waals surface area contributed by atoms with Crippen molar-refractivity contribution in [2.24, 2.45) is 5.10 Å². The maximum Gasteiger partial charge on any atom is 0.220 e. The average Bonchev–Trinajstić information content (AvgIpc) is 3.50. The molecule has 0 aliphatic carbocycles. The fourth-order valence-corrected chi connectivity index (χ4v) is 5.50. The second-order valence-corrected chi connectivity index (χ2v) is 10.3. The molecular formula is C31H32ClN5O. The van der Waals surface area contributed by atoms with Gasteiger partial charge >= 0.3 is 0 Å². The molecule has 2 aromatic heterocycles. The third kappa shape index (κ3) is 5.15. The Balaban J connectivity index is 1.40. The van der Waals surface area contributed by atoms with Gasteiger partial charge in [0.2, 0.25) is 5.91 Å². The number of benzene rings is 2. The molecule has 2 aromatic carbocycles. The van der Waals surface area contributed by atoms with E-state index in [1.165, 1.54) is 0 Å². The van der Waals surface area contributed by atoms with E-state index in [0.29, 0.717) is 18.0 Å². The van der Waals surface area contributed by atoms with Gasteiger partial charge in [0, 0.05) is 66.5 Å². The fraction of sp³-hybridized carbons (Fsp3) is 0.258. The van der Waals surface area contributed by atoms with Gasteiger partial charge in [-0.1, -0.05) is 54.1 Å². The summed E-state index contributed by atoms with van der Waals surface area (Å²) in [6, 6.07) is 18.9. The maximum atomic E-state index is 11.4. The molecule has 0 saturated carbocycles. The highest BCUT2D eigenvalue weighted by Gasteiger charge is 2.20. The molecule has 1 unspecified atom stereocenters. The predicted molar refractivity (Wildman–Crippen MR) is 156 cm³/mol. The Morgan fingerprint density at radius 1 is 1.08 bits per heavy atom. The standard InChI is InChI=1S/C31H32ClN5O/c1-19-15-23(18-37(19)33-4)25-7-5-8-26(20(25)2)27-9-6-10-28(31(27)32)29-13-11-22(21(3)35-29)16-34-17-24-12-14-30(38)36-24/h5-11,13,15,18,24,34H,4,12,14,16-17H2,1-3H3,(H,36,38). The van der Waals surface area contributed by atoms with E-state index in [4.69, 9.17) is 16.6 Å². The zero-order valence-electron chi connectivity index (χ0n) is 22.0. The molecule has 6 nitrogen and oxygen atoms in total. The molecule has 1 saturated heterocycles. The summed E-state index contributed by atoms with van der Waals surface area (Å²) >= 11 is 7.05. The number of pyridine rings is 1. The van der Waals surface area contributed by atoms with E-state index in [1.54, 1.807) is 4.68 Å². The Morgan fingerprint density at radius 3 is 2.50 bits per heavy atom. The molecule has 1 aliphatic heterocycles. The zero-order valence-corrected chi connectivity index (χ0v) is 22.8. The van der Waals surface area contributed by atoms with Crippen LogP contribution in [-0.2, 0) is 11.3 Å². The predicted octanol–water partition coefficient (Wildman–Crippen LogP) is 6.29. The number of hydrogen-bond acceptors (Lipinski definition) is 4. The first-order valence-electron chi connectivity index (χ1n) is 12.9. The van der Waals surface area contributed by atoms with Crippen molar-refractivity contribution < 1.29 is 4.79 Å². The van der Waals surface area contributed by atoms with Gasteiger partial charge in [-0.15, -0.1) is 0 Å². The molecule has 0 spiro atoms. The van der Waals surface area contributed by atoms with Crippen LogP contribution in [0.25, 0.3) is 33.5 Å². The average molecular weight is 526 g/mol. The molecule has 1 aliphatic rings. The highest BCUT2D eigenvalue weighted by Crippen LogP contribution is 2.39. The topological polar surface area (TPSA) is 71.3 Å². The van der Waals surface area contributed by atoms with Crippen molar-refractivity contribution in [3.63, 3.8) is 0 Å². The molecule has 3 heterocycles. The number of rotatable bonds is 8. The smallest absolute Gasteiger partial charge is 0.220 e. The van der Waals surface area contributed by atoms with Crippen LogP contribution in [0.3, 0.4) is 0 Å². The molecule has 38 heavy (non-hydrogen) atoms. The van der Waals surface area contributed by atoms with Crippen molar-refractivity contribution in [2.45, 2.75) is 46.2 Å². The number of aryl methyl sites for hydroxylation is 2. The second-order valence-electron chi connectivity index (χ2n) is 9.88. The summed E-state index contributed by atoms with van der Waals surface area (Å²) in [6.07, 6.45) is 3.50. The minimum atomic E-state index is 0.138. The lowest BCUT2D eigenvalue weighted by atomic mass is 9.92. The van der Waals surface area contributed by atoms with Crippen molar-refractivity contribution in [1.82, 2.24) is 20.3 Å². The Morgan fingerprint density at radius 2 is 1.82 bits per heavy atom. The first-order valence-corrected chi connectivity index (χ1v) is 13.3. The molecule has 4 aromatic rings. The zero-order chi connectivity index (χ0) is 26.8. The summed E-state index contributed by atoms with van der Waals surface area (Å²) in [7, 11) is 0. The minimum absolute atomic E-state index is 0.138. The van der Waals surface area contributed by atoms with Gasteiger partial charge in [-0.3, -0.25) is 9.78 Å². The monoisotopic (exact) mass is 525 g/mol. The Bertz CT molecular complexity index is 1520. The Labute approximate surface area is 228 Å². The number of carbonyl (C=O) groups excluding carboxylic acids is 1. The van der Waals surface area contributed by atoms with Crippen LogP contribution in [-0.4, -0.2) is 34.9 Å². The Kier molecular flexibility index (Phi) is 7.45. The van der Waals surface area contributed by atoms with Crippen molar-refractivity contribution in [3.05, 3.63) is 88.3 Å². The van der Waals surface area contributed by atoms with Crippen LogP contribution in [0.4, 0.5) is 0 Å². The third-order valence-corrected chi connectivity index (χ3v) is 7.74. The lowest BCUT2D eigenvalue weighted by Gasteiger charge is -2.15. The number of nitrogens with one attached hydrogen (secondary N) is 2. The highest BCUT2D eigenvalue weighted by atomic mass is 35.5. The van der Waals surface area contributed by atoms with E-state index in [9.17, 15) is 4.79 Å². The number of halogens is 1. The van der Waals surface area contributed by atoms with Crippen LogP contribution in [0.2, 0.25) is 5.02 Å². The molecule has 194 valence electrons. The van der Waals surface area contributed by atoms with E-state index in [2.05, 4.69) is 65.8 Å². The van der Waals surface area contributed by atoms with Gasteiger partial charge in [0.15, 0.2) is 0 Å². The summed E-state index contributed by atoms with van der Waals surface area (Å²) in [5, 5.41) is 11.2. The van der Waals surface area contributed by atoms with Crippen molar-refractivity contribution in [2.75, 3.05) is 6.54 Å². The van der Waals surface area contributed by atoms with Crippen molar-refractivity contribution in [1.29, 1.82) is 0 Å². The molecular weight excluding hydrogens is 494 g/mol. The first kappa shape index (κ1) is 25.9. The van der Waals surface area contributed by atoms with Crippen LogP contribution >= 0.6 is 11.6 Å². The fourth-order valence-electron chi connectivity index (χ4n) is 5.18. The van der Waals surface area contributed by atoms with Crippen LogP contribution in [0, 0.1) is 20.8 Å². The highest BCUT2D eigenvalue weighted by molar-refractivity contribution is 6.36. The van der Waals surface area contributed by atoms with Crippen molar-refractivity contribution >= 4 is 24.2 Å². The van der Waals surface area contributed by atoms with Crippen LogP contribution in [0.5, 0.6) is 0 Å². The molecule has 1 atom stereocenters. The minimum Gasteiger partial charge on any atom is -0.352 e. The van der Waals surface area contributed by atoms with Crippen LogP contribution in [0.15, 0.2) is 65.9 Å². The summed E-state index contributed by atoms with van der Waals surface area (Å²) in [6.45, 7) is 11.3. The number of nitrogens with zero attached hydrogens (tertiary/aromatic N) is 3. The van der Waals surface area contributed by atoms with Gasteiger partial charge in [-0.25, -0.2) is 4.68 Å². The lowest BCUT2D eigenvalue weighted by molar-refractivity contribution is -0.119. The van der Waals surface area contributed by atoms with Gasteiger partial charge in [-0.2, -0.15) is 5.10 Å². The number of aromatic nitrogens is 2. The molecule has 0 radical (unpaired) electrons. The number of amides is 1. The first-order chi connectivity index (χ1) is 18.4. The molecule has 2 N–H and O–H groups in total. The van der Waals surface area contributed by atoms with Gasteiger partial charge in [0.25, 0.3) is 0 Å². The van der Waals surface area contributed by atoms with Crippen LogP contribution in [0.1, 0.15) is 35.4 Å². The van der Waals surface area contributed by atoms with E-state index < -0.39 is 0 Å². The Hall–Kier alpha value is -3.74. The normalized spacial score (nSPS) is 15.1. The van der Waals surface area contributed by atoms with Gasteiger partial charge in [0.05, 0.1) is 10.7 Å². The maximum absolute atomic E-state index is 11.4.